The summed E-state index contributed by atoms with van der Waals surface area (Å²) in [7, 11) is 0. The third-order valence-corrected chi connectivity index (χ3v) is 3.97. The van der Waals surface area contributed by atoms with E-state index in [1.54, 1.807) is 6.92 Å². The molecule has 0 fully saturated rings. The van der Waals surface area contributed by atoms with Crippen LogP contribution in [0.4, 0.5) is 0 Å². The lowest BCUT2D eigenvalue weighted by atomic mass is 9.85. The van der Waals surface area contributed by atoms with E-state index in [0.717, 1.165) is 10.0 Å². The van der Waals surface area contributed by atoms with Crippen molar-refractivity contribution in [2.75, 3.05) is 0 Å². The molecule has 1 unspecified atom stereocenters. The van der Waals surface area contributed by atoms with Crippen molar-refractivity contribution in [2.45, 2.75) is 12.8 Å². The van der Waals surface area contributed by atoms with Gasteiger partial charge in [-0.2, -0.15) is 5.26 Å². The second kappa shape index (κ2) is 5.35. The molecule has 0 radical (unpaired) electrons. The zero-order valence-corrected chi connectivity index (χ0v) is 13.2. The Hall–Kier alpha value is -2.52. The van der Waals surface area contributed by atoms with Gasteiger partial charge in [0.2, 0.25) is 5.88 Å². The predicted molar refractivity (Wildman–Crippen MR) is 83.2 cm³/mol. The first-order valence-corrected chi connectivity index (χ1v) is 7.28. The lowest BCUT2D eigenvalue weighted by Crippen LogP contribution is -2.26. The van der Waals surface area contributed by atoms with Crippen LogP contribution >= 0.6 is 15.9 Å². The Labute approximate surface area is 134 Å². The number of nitrogens with zero attached hydrogens (tertiary/aromatic N) is 1. The lowest BCUT2D eigenvalue weighted by molar-refractivity contribution is 0.275. The average Bonchev–Trinajstić information content (AvgIpc) is 2.46. The zero-order chi connectivity index (χ0) is 15.9. The van der Waals surface area contributed by atoms with Crippen molar-refractivity contribution in [3.05, 3.63) is 73.4 Å². The Morgan fingerprint density at radius 3 is 2.64 bits per heavy atom. The maximum Gasteiger partial charge on any atom is 0.299 e. The molecule has 2 aromatic rings. The molecular weight excluding hydrogens is 348 g/mol. The van der Waals surface area contributed by atoms with Gasteiger partial charge in [-0.3, -0.25) is 4.79 Å². The third kappa shape index (κ3) is 2.30. The fraction of sp³-hybridized carbons (Fsp3) is 0.125. The number of rotatable bonds is 1. The number of nitriles is 1. The SMILES string of the molecule is Cc1cc(=O)c2c(o1)OC(N)=C(C#N)C2c1ccc(Br)cc1. The van der Waals surface area contributed by atoms with Crippen molar-refractivity contribution in [3.63, 3.8) is 0 Å². The summed E-state index contributed by atoms with van der Waals surface area (Å²) in [5.41, 5.74) is 6.84. The molecule has 2 N–H and O–H groups in total. The number of aryl methyl sites for hydroxylation is 1. The second-order valence-corrected chi connectivity index (χ2v) is 5.81. The number of fused-ring (bicyclic) bond motifs is 1. The van der Waals surface area contributed by atoms with Gasteiger partial charge in [-0.15, -0.1) is 0 Å². The molecule has 0 saturated heterocycles. The van der Waals surface area contributed by atoms with Crippen molar-refractivity contribution in [3.8, 4) is 12.0 Å². The number of nitrogens with two attached hydrogens (primary N) is 1. The van der Waals surface area contributed by atoms with E-state index in [9.17, 15) is 10.1 Å². The number of ether oxygens (including phenoxy) is 1. The Balaban J connectivity index is 2.29. The topological polar surface area (TPSA) is 89.2 Å². The first-order valence-electron chi connectivity index (χ1n) is 6.49. The van der Waals surface area contributed by atoms with Crippen LogP contribution in [0.3, 0.4) is 0 Å². The monoisotopic (exact) mass is 358 g/mol. The maximum atomic E-state index is 12.4. The average molecular weight is 359 g/mol. The number of allylic oxidation sites excluding steroid dienone is 1. The van der Waals surface area contributed by atoms with Gasteiger partial charge in [0.25, 0.3) is 5.95 Å². The molecule has 2 heterocycles. The molecule has 0 aliphatic carbocycles. The van der Waals surface area contributed by atoms with Crippen LogP contribution in [0.15, 0.2) is 55.5 Å². The van der Waals surface area contributed by atoms with Gasteiger partial charge < -0.3 is 14.9 Å². The highest BCUT2D eigenvalue weighted by molar-refractivity contribution is 9.10. The number of hydrogen-bond donors (Lipinski definition) is 1. The van der Waals surface area contributed by atoms with Crippen LogP contribution in [-0.2, 0) is 0 Å². The summed E-state index contributed by atoms with van der Waals surface area (Å²) in [5.74, 6) is -0.170. The highest BCUT2D eigenvalue weighted by Crippen LogP contribution is 2.40. The van der Waals surface area contributed by atoms with E-state index < -0.39 is 5.92 Å². The van der Waals surface area contributed by atoms with Gasteiger partial charge in [0.15, 0.2) is 5.43 Å². The molecule has 1 aliphatic rings. The molecule has 6 heteroatoms. The fourth-order valence-electron chi connectivity index (χ4n) is 2.48. The molecule has 3 rings (SSSR count). The minimum atomic E-state index is -0.598. The van der Waals surface area contributed by atoms with Crippen molar-refractivity contribution < 1.29 is 9.15 Å². The Bertz CT molecular complexity index is 876. The predicted octanol–water partition coefficient (Wildman–Crippen LogP) is 2.93. The molecule has 110 valence electrons. The van der Waals surface area contributed by atoms with Gasteiger partial charge in [-0.05, 0) is 24.6 Å². The highest BCUT2D eigenvalue weighted by atomic mass is 79.9. The van der Waals surface area contributed by atoms with Crippen LogP contribution in [0.2, 0.25) is 0 Å². The van der Waals surface area contributed by atoms with E-state index in [0.29, 0.717) is 11.3 Å². The van der Waals surface area contributed by atoms with Crippen molar-refractivity contribution in [2.24, 2.45) is 5.73 Å². The summed E-state index contributed by atoms with van der Waals surface area (Å²) < 4.78 is 11.7. The second-order valence-electron chi connectivity index (χ2n) is 4.90. The van der Waals surface area contributed by atoms with E-state index in [1.807, 2.05) is 30.3 Å². The van der Waals surface area contributed by atoms with Gasteiger partial charge in [-0.25, -0.2) is 0 Å². The fourth-order valence-corrected chi connectivity index (χ4v) is 2.74. The largest absolute Gasteiger partial charge is 0.430 e. The lowest BCUT2D eigenvalue weighted by Gasteiger charge is -2.24. The van der Waals surface area contributed by atoms with Crippen LogP contribution in [0, 0.1) is 18.3 Å². The first-order chi connectivity index (χ1) is 10.5. The van der Waals surface area contributed by atoms with Crippen molar-refractivity contribution in [1.29, 1.82) is 5.26 Å². The van der Waals surface area contributed by atoms with E-state index in [-0.39, 0.29) is 22.8 Å². The van der Waals surface area contributed by atoms with E-state index >= 15 is 0 Å². The Kier molecular flexibility index (Phi) is 3.51. The van der Waals surface area contributed by atoms with Crippen LogP contribution in [0.25, 0.3) is 0 Å². The maximum absolute atomic E-state index is 12.4. The molecule has 1 aromatic heterocycles. The molecule has 0 bridgehead atoms. The van der Waals surface area contributed by atoms with Gasteiger partial charge >= 0.3 is 0 Å². The first kappa shape index (κ1) is 14.4. The molecule has 5 nitrogen and oxygen atoms in total. The van der Waals surface area contributed by atoms with E-state index in [1.165, 1.54) is 6.07 Å². The molecule has 0 spiro atoms. The summed E-state index contributed by atoms with van der Waals surface area (Å²) in [4.78, 5) is 12.4. The van der Waals surface area contributed by atoms with Crippen LogP contribution in [-0.4, -0.2) is 0 Å². The van der Waals surface area contributed by atoms with Gasteiger partial charge in [-0.1, -0.05) is 28.1 Å². The van der Waals surface area contributed by atoms with Crippen LogP contribution in [0.5, 0.6) is 5.95 Å². The molecule has 0 saturated carbocycles. The third-order valence-electron chi connectivity index (χ3n) is 3.44. The van der Waals surface area contributed by atoms with Crippen molar-refractivity contribution in [1.82, 2.24) is 0 Å². The summed E-state index contributed by atoms with van der Waals surface area (Å²) in [6, 6.07) is 10.7. The van der Waals surface area contributed by atoms with Crippen molar-refractivity contribution >= 4 is 15.9 Å². The summed E-state index contributed by atoms with van der Waals surface area (Å²) >= 11 is 3.36. The zero-order valence-electron chi connectivity index (χ0n) is 11.6. The normalized spacial score (nSPS) is 16.7. The molecule has 0 amide bonds. The molecule has 1 aliphatic heterocycles. The smallest absolute Gasteiger partial charge is 0.299 e. The standard InChI is InChI=1S/C16H11BrN2O3/c1-8-6-12(20)14-13(9-2-4-10(17)5-3-9)11(7-18)15(19)22-16(14)21-8/h2-6,13H,19H2,1H3. The summed E-state index contributed by atoms with van der Waals surface area (Å²) in [6.07, 6.45) is 0. The summed E-state index contributed by atoms with van der Waals surface area (Å²) in [5, 5.41) is 9.41. The van der Waals surface area contributed by atoms with Crippen LogP contribution in [0.1, 0.15) is 22.8 Å². The Morgan fingerprint density at radius 2 is 2.00 bits per heavy atom. The van der Waals surface area contributed by atoms with E-state index in [2.05, 4.69) is 15.9 Å². The highest BCUT2D eigenvalue weighted by Gasteiger charge is 2.34. The van der Waals surface area contributed by atoms with Gasteiger partial charge in [0.1, 0.15) is 17.4 Å². The minimum absolute atomic E-state index is 0.0448. The van der Waals surface area contributed by atoms with Gasteiger partial charge in [0.05, 0.1) is 11.5 Å². The molecule has 1 aromatic carbocycles. The van der Waals surface area contributed by atoms with Crippen LogP contribution < -0.4 is 15.9 Å². The molecule has 22 heavy (non-hydrogen) atoms. The number of halogens is 1. The minimum Gasteiger partial charge on any atom is -0.430 e. The Morgan fingerprint density at radius 1 is 1.32 bits per heavy atom. The molecular formula is C16H11BrN2O3. The number of hydrogen-bond acceptors (Lipinski definition) is 5. The van der Waals surface area contributed by atoms with Gasteiger partial charge in [0, 0.05) is 10.5 Å². The molecule has 1 atom stereocenters. The quantitative estimate of drug-likeness (QED) is 0.846. The van der Waals surface area contributed by atoms with E-state index in [4.69, 9.17) is 14.9 Å². The number of benzene rings is 1. The summed E-state index contributed by atoms with van der Waals surface area (Å²) in [6.45, 7) is 1.65.